The van der Waals surface area contributed by atoms with Crippen LogP contribution in [-0.2, 0) is 0 Å². The Kier molecular flexibility index (Phi) is 4.25. The highest BCUT2D eigenvalue weighted by Gasteiger charge is 2.22. The van der Waals surface area contributed by atoms with E-state index in [-0.39, 0.29) is 5.91 Å². The zero-order valence-electron chi connectivity index (χ0n) is 11.0. The number of amides is 1. The number of aromatic nitrogens is 2. The minimum absolute atomic E-state index is 0.0290. The molecule has 1 aliphatic heterocycles. The van der Waals surface area contributed by atoms with Crippen molar-refractivity contribution in [1.29, 1.82) is 0 Å². The molecule has 98 valence electrons. The van der Waals surface area contributed by atoms with Crippen molar-refractivity contribution in [1.82, 2.24) is 20.2 Å². The summed E-state index contributed by atoms with van der Waals surface area (Å²) >= 11 is 0. The summed E-state index contributed by atoms with van der Waals surface area (Å²) in [5, 5.41) is 3.41. The topological polar surface area (TPSA) is 58.1 Å². The third-order valence-corrected chi connectivity index (χ3v) is 3.27. The quantitative estimate of drug-likeness (QED) is 0.863. The summed E-state index contributed by atoms with van der Waals surface area (Å²) < 4.78 is 0. The van der Waals surface area contributed by atoms with Crippen LogP contribution in [-0.4, -0.2) is 46.5 Å². The van der Waals surface area contributed by atoms with Crippen molar-refractivity contribution in [3.63, 3.8) is 0 Å². The van der Waals surface area contributed by atoms with E-state index in [1.807, 2.05) is 18.7 Å². The molecule has 1 unspecified atom stereocenters. The second-order valence-electron chi connectivity index (χ2n) is 4.68. The van der Waals surface area contributed by atoms with Gasteiger partial charge >= 0.3 is 0 Å². The van der Waals surface area contributed by atoms with E-state index < -0.39 is 0 Å². The summed E-state index contributed by atoms with van der Waals surface area (Å²) in [5.41, 5.74) is 1.26. The molecule has 18 heavy (non-hydrogen) atoms. The molecule has 2 heterocycles. The zero-order valence-corrected chi connectivity index (χ0v) is 11.0. The Bertz CT molecular complexity index is 398. The van der Waals surface area contributed by atoms with Crippen LogP contribution in [0.4, 0.5) is 0 Å². The lowest BCUT2D eigenvalue weighted by Gasteiger charge is -2.24. The Morgan fingerprint density at radius 2 is 2.33 bits per heavy atom. The normalized spacial score (nSPS) is 18.9. The molecular formula is C13H20N4O. The van der Waals surface area contributed by atoms with Crippen LogP contribution in [0, 0.1) is 6.92 Å². The van der Waals surface area contributed by atoms with Gasteiger partial charge < -0.3 is 10.2 Å². The van der Waals surface area contributed by atoms with Crippen molar-refractivity contribution in [2.75, 3.05) is 19.6 Å². The average Bonchev–Trinajstić information content (AvgIpc) is 2.89. The largest absolute Gasteiger partial charge is 0.336 e. The molecule has 1 saturated heterocycles. The number of nitrogens with zero attached hydrogens (tertiary/aromatic N) is 3. The molecule has 0 aliphatic carbocycles. The van der Waals surface area contributed by atoms with Crippen LogP contribution in [0.25, 0.3) is 0 Å². The van der Waals surface area contributed by atoms with Crippen molar-refractivity contribution in [3.05, 3.63) is 23.8 Å². The van der Waals surface area contributed by atoms with Crippen LogP contribution >= 0.6 is 0 Å². The highest BCUT2D eigenvalue weighted by atomic mass is 16.2. The van der Waals surface area contributed by atoms with E-state index >= 15 is 0 Å². The number of likely N-dealkylation sites (N-methyl/N-ethyl adjacent to an activating group) is 1. The molecule has 2 rings (SSSR count). The summed E-state index contributed by atoms with van der Waals surface area (Å²) in [6.45, 7) is 6.37. The van der Waals surface area contributed by atoms with Gasteiger partial charge in [-0.2, -0.15) is 0 Å². The van der Waals surface area contributed by atoms with Gasteiger partial charge in [-0.15, -0.1) is 0 Å². The molecule has 0 bridgehead atoms. The molecule has 1 amide bonds. The van der Waals surface area contributed by atoms with Crippen LogP contribution in [0.1, 0.15) is 35.9 Å². The summed E-state index contributed by atoms with van der Waals surface area (Å²) in [6, 6.07) is 0.423. The molecule has 1 N–H and O–H groups in total. The van der Waals surface area contributed by atoms with Crippen LogP contribution < -0.4 is 5.32 Å². The lowest BCUT2D eigenvalue weighted by atomic mass is 10.2. The lowest BCUT2D eigenvalue weighted by Crippen LogP contribution is -2.41. The molecule has 0 aromatic carbocycles. The maximum absolute atomic E-state index is 12.3. The molecule has 0 radical (unpaired) electrons. The van der Waals surface area contributed by atoms with E-state index in [0.717, 1.165) is 25.2 Å². The van der Waals surface area contributed by atoms with Crippen molar-refractivity contribution >= 4 is 5.91 Å². The van der Waals surface area contributed by atoms with E-state index in [1.54, 1.807) is 12.4 Å². The fourth-order valence-corrected chi connectivity index (χ4v) is 2.20. The van der Waals surface area contributed by atoms with Gasteiger partial charge in [0.1, 0.15) is 5.69 Å². The Morgan fingerprint density at radius 1 is 1.50 bits per heavy atom. The first-order chi connectivity index (χ1) is 8.70. The predicted molar refractivity (Wildman–Crippen MR) is 69.4 cm³/mol. The van der Waals surface area contributed by atoms with Gasteiger partial charge in [0.2, 0.25) is 0 Å². The van der Waals surface area contributed by atoms with Gasteiger partial charge in [0.05, 0.1) is 11.9 Å². The van der Waals surface area contributed by atoms with E-state index in [2.05, 4.69) is 15.3 Å². The second-order valence-corrected chi connectivity index (χ2v) is 4.68. The number of nitrogens with one attached hydrogen (secondary N) is 1. The predicted octanol–water partition coefficient (Wildman–Crippen LogP) is 0.999. The molecule has 5 nitrogen and oxygen atoms in total. The van der Waals surface area contributed by atoms with Crippen LogP contribution in [0.3, 0.4) is 0 Å². The molecule has 0 spiro atoms. The maximum Gasteiger partial charge on any atom is 0.274 e. The maximum atomic E-state index is 12.3. The van der Waals surface area contributed by atoms with Gasteiger partial charge in [0.25, 0.3) is 5.91 Å². The summed E-state index contributed by atoms with van der Waals surface area (Å²) in [7, 11) is 0. The first kappa shape index (κ1) is 13.0. The molecule has 1 aliphatic rings. The molecule has 0 saturated carbocycles. The van der Waals surface area contributed by atoms with E-state index in [4.69, 9.17) is 0 Å². The van der Waals surface area contributed by atoms with Gasteiger partial charge in [0.15, 0.2) is 0 Å². The number of hydrogen-bond donors (Lipinski definition) is 1. The zero-order chi connectivity index (χ0) is 13.0. The van der Waals surface area contributed by atoms with Crippen LogP contribution in [0.15, 0.2) is 12.4 Å². The van der Waals surface area contributed by atoms with E-state index in [9.17, 15) is 4.79 Å². The second kappa shape index (κ2) is 5.91. The monoisotopic (exact) mass is 248 g/mol. The van der Waals surface area contributed by atoms with Crippen LogP contribution in [0.2, 0.25) is 0 Å². The molecule has 5 heteroatoms. The highest BCUT2D eigenvalue weighted by molar-refractivity contribution is 5.92. The van der Waals surface area contributed by atoms with Crippen molar-refractivity contribution in [2.45, 2.75) is 32.7 Å². The number of aryl methyl sites for hydroxylation is 1. The van der Waals surface area contributed by atoms with Crippen molar-refractivity contribution in [3.8, 4) is 0 Å². The molecule has 1 fully saturated rings. The first-order valence-electron chi connectivity index (χ1n) is 6.52. The minimum atomic E-state index is -0.0290. The van der Waals surface area contributed by atoms with Gasteiger partial charge in [-0.3, -0.25) is 9.78 Å². The van der Waals surface area contributed by atoms with Crippen molar-refractivity contribution < 1.29 is 4.79 Å². The van der Waals surface area contributed by atoms with Gasteiger partial charge in [-0.1, -0.05) is 0 Å². The van der Waals surface area contributed by atoms with Gasteiger partial charge in [-0.05, 0) is 33.2 Å². The van der Waals surface area contributed by atoms with E-state index in [1.165, 1.54) is 6.42 Å². The Hall–Kier alpha value is -1.49. The molecular weight excluding hydrogens is 228 g/mol. The third kappa shape index (κ3) is 3.04. The van der Waals surface area contributed by atoms with Crippen LogP contribution in [0.5, 0.6) is 0 Å². The van der Waals surface area contributed by atoms with Gasteiger partial charge in [-0.25, -0.2) is 4.98 Å². The smallest absolute Gasteiger partial charge is 0.274 e. The summed E-state index contributed by atoms with van der Waals surface area (Å²) in [6.07, 6.45) is 5.53. The van der Waals surface area contributed by atoms with Gasteiger partial charge in [0, 0.05) is 25.3 Å². The van der Waals surface area contributed by atoms with E-state index in [0.29, 0.717) is 18.3 Å². The third-order valence-electron chi connectivity index (χ3n) is 3.27. The lowest BCUT2D eigenvalue weighted by molar-refractivity contribution is 0.0745. The first-order valence-corrected chi connectivity index (χ1v) is 6.52. The highest BCUT2D eigenvalue weighted by Crippen LogP contribution is 2.09. The molecule has 1 aromatic heterocycles. The molecule has 1 atom stereocenters. The Morgan fingerprint density at radius 3 is 2.89 bits per heavy atom. The number of hydrogen-bond acceptors (Lipinski definition) is 4. The number of rotatable bonds is 4. The number of carbonyl (C=O) groups excluding carboxylic acids is 1. The standard InChI is InChI=1S/C13H20N4O/c1-3-17(9-11-5-4-6-14-11)13(18)12-8-15-10(2)7-16-12/h7-8,11,14H,3-6,9H2,1-2H3. The SMILES string of the molecule is CCN(CC1CCCN1)C(=O)c1cnc(C)cn1. The minimum Gasteiger partial charge on any atom is -0.336 e. The molecule has 1 aromatic rings. The number of carbonyl (C=O) groups is 1. The average molecular weight is 248 g/mol. The van der Waals surface area contributed by atoms with Crippen molar-refractivity contribution in [2.24, 2.45) is 0 Å². The summed E-state index contributed by atoms with van der Waals surface area (Å²) in [5.74, 6) is -0.0290. The fraction of sp³-hybridized carbons (Fsp3) is 0.615. The fourth-order valence-electron chi connectivity index (χ4n) is 2.20. The Labute approximate surface area is 108 Å². The summed E-state index contributed by atoms with van der Waals surface area (Å²) in [4.78, 5) is 22.4. The Balaban J connectivity index is 2.02.